The van der Waals surface area contributed by atoms with Gasteiger partial charge in [-0.15, -0.1) is 0 Å². The van der Waals surface area contributed by atoms with Crippen molar-refractivity contribution in [3.8, 4) is 11.3 Å². The van der Waals surface area contributed by atoms with E-state index >= 15 is 0 Å². The standard InChI is InChI=1S/C14H14FN3/c15-11-4-1-3-10(7-11)13-8-16-9-14(18-13)12-5-2-6-17-12/h1,3-4,7-9,12,17H,2,5-6H2. The van der Waals surface area contributed by atoms with Crippen LogP contribution in [-0.2, 0) is 0 Å². The Morgan fingerprint density at radius 3 is 3.00 bits per heavy atom. The molecule has 0 amide bonds. The van der Waals surface area contributed by atoms with Crippen LogP contribution in [-0.4, -0.2) is 16.5 Å². The summed E-state index contributed by atoms with van der Waals surface area (Å²) in [6, 6.07) is 6.73. The van der Waals surface area contributed by atoms with E-state index in [9.17, 15) is 4.39 Å². The number of hydrogen-bond donors (Lipinski definition) is 1. The van der Waals surface area contributed by atoms with Crippen LogP contribution in [0, 0.1) is 5.82 Å². The van der Waals surface area contributed by atoms with Gasteiger partial charge in [-0.25, -0.2) is 9.37 Å². The van der Waals surface area contributed by atoms with Gasteiger partial charge < -0.3 is 5.32 Å². The Morgan fingerprint density at radius 1 is 1.28 bits per heavy atom. The molecule has 0 spiro atoms. The van der Waals surface area contributed by atoms with Crippen LogP contribution in [0.4, 0.5) is 4.39 Å². The lowest BCUT2D eigenvalue weighted by Gasteiger charge is -2.10. The third kappa shape index (κ3) is 2.24. The number of aromatic nitrogens is 2. The second-order valence-electron chi connectivity index (χ2n) is 4.49. The van der Waals surface area contributed by atoms with Crippen molar-refractivity contribution in [2.75, 3.05) is 6.54 Å². The molecule has 18 heavy (non-hydrogen) atoms. The molecular formula is C14H14FN3. The average molecular weight is 243 g/mol. The van der Waals surface area contributed by atoms with Crippen molar-refractivity contribution in [2.24, 2.45) is 0 Å². The number of nitrogens with zero attached hydrogens (tertiary/aromatic N) is 2. The molecule has 1 aromatic heterocycles. The predicted molar refractivity (Wildman–Crippen MR) is 67.4 cm³/mol. The minimum absolute atomic E-state index is 0.251. The molecule has 1 aliphatic rings. The first-order valence-corrected chi connectivity index (χ1v) is 6.14. The molecule has 1 N–H and O–H groups in total. The zero-order valence-corrected chi connectivity index (χ0v) is 9.94. The summed E-state index contributed by atoms with van der Waals surface area (Å²) in [5.74, 6) is -0.251. The molecule has 3 nitrogen and oxygen atoms in total. The number of benzene rings is 1. The van der Waals surface area contributed by atoms with Crippen molar-refractivity contribution in [1.82, 2.24) is 15.3 Å². The number of hydrogen-bond acceptors (Lipinski definition) is 3. The van der Waals surface area contributed by atoms with Gasteiger partial charge in [0.15, 0.2) is 0 Å². The maximum absolute atomic E-state index is 13.2. The molecule has 0 aliphatic carbocycles. The molecule has 1 aliphatic heterocycles. The lowest BCUT2D eigenvalue weighted by atomic mass is 10.1. The Labute approximate surface area is 105 Å². The SMILES string of the molecule is Fc1cccc(-c2cncc(C3CCCN3)n2)c1. The molecule has 0 saturated carbocycles. The summed E-state index contributed by atoms with van der Waals surface area (Å²) in [6.07, 6.45) is 5.71. The molecule has 1 unspecified atom stereocenters. The normalized spacial score (nSPS) is 19.1. The molecule has 1 aromatic carbocycles. The van der Waals surface area contributed by atoms with Gasteiger partial charge in [0.25, 0.3) is 0 Å². The quantitative estimate of drug-likeness (QED) is 0.881. The fraction of sp³-hybridized carbons (Fsp3) is 0.286. The third-order valence-corrected chi connectivity index (χ3v) is 3.19. The summed E-state index contributed by atoms with van der Waals surface area (Å²) in [6.45, 7) is 1.02. The van der Waals surface area contributed by atoms with Gasteiger partial charge in [-0.2, -0.15) is 0 Å². The van der Waals surface area contributed by atoms with Crippen molar-refractivity contribution in [1.29, 1.82) is 0 Å². The molecule has 1 saturated heterocycles. The second kappa shape index (κ2) is 4.82. The largest absolute Gasteiger partial charge is 0.309 e. The van der Waals surface area contributed by atoms with E-state index in [0.717, 1.165) is 36.3 Å². The third-order valence-electron chi connectivity index (χ3n) is 3.19. The second-order valence-corrected chi connectivity index (χ2v) is 4.49. The van der Waals surface area contributed by atoms with E-state index in [1.54, 1.807) is 18.5 Å². The van der Waals surface area contributed by atoms with E-state index in [0.29, 0.717) is 0 Å². The summed E-state index contributed by atoms with van der Waals surface area (Å²) in [5, 5.41) is 3.39. The highest BCUT2D eigenvalue weighted by Crippen LogP contribution is 2.23. The molecule has 1 atom stereocenters. The average Bonchev–Trinajstić information content (AvgIpc) is 2.93. The zero-order chi connectivity index (χ0) is 12.4. The monoisotopic (exact) mass is 243 g/mol. The van der Waals surface area contributed by atoms with Gasteiger partial charge in [0.1, 0.15) is 5.82 Å². The topological polar surface area (TPSA) is 37.8 Å². The molecule has 0 radical (unpaired) electrons. The first kappa shape index (κ1) is 11.3. The molecule has 4 heteroatoms. The summed E-state index contributed by atoms with van der Waals surface area (Å²) in [4.78, 5) is 8.78. The van der Waals surface area contributed by atoms with Crippen LogP contribution in [0.2, 0.25) is 0 Å². The van der Waals surface area contributed by atoms with Crippen LogP contribution in [0.1, 0.15) is 24.6 Å². The van der Waals surface area contributed by atoms with Crippen LogP contribution in [0.5, 0.6) is 0 Å². The van der Waals surface area contributed by atoms with E-state index in [4.69, 9.17) is 0 Å². The van der Waals surface area contributed by atoms with Gasteiger partial charge in [0, 0.05) is 5.56 Å². The van der Waals surface area contributed by atoms with Crippen LogP contribution < -0.4 is 5.32 Å². The van der Waals surface area contributed by atoms with E-state index in [-0.39, 0.29) is 11.9 Å². The zero-order valence-electron chi connectivity index (χ0n) is 9.94. The number of nitrogens with one attached hydrogen (secondary N) is 1. The van der Waals surface area contributed by atoms with Crippen LogP contribution in [0.15, 0.2) is 36.7 Å². The Hall–Kier alpha value is -1.81. The van der Waals surface area contributed by atoms with Gasteiger partial charge in [-0.05, 0) is 31.5 Å². The molecule has 0 bridgehead atoms. The van der Waals surface area contributed by atoms with Crippen LogP contribution in [0.3, 0.4) is 0 Å². The Morgan fingerprint density at radius 2 is 2.22 bits per heavy atom. The first-order valence-electron chi connectivity index (χ1n) is 6.14. The lowest BCUT2D eigenvalue weighted by molar-refractivity contribution is 0.623. The van der Waals surface area contributed by atoms with Gasteiger partial charge >= 0.3 is 0 Å². The lowest BCUT2D eigenvalue weighted by Crippen LogP contribution is -2.14. The maximum Gasteiger partial charge on any atom is 0.123 e. The smallest absolute Gasteiger partial charge is 0.123 e. The van der Waals surface area contributed by atoms with Crippen LogP contribution >= 0.6 is 0 Å². The minimum Gasteiger partial charge on any atom is -0.309 e. The number of rotatable bonds is 2. The van der Waals surface area contributed by atoms with Gasteiger partial charge in [-0.3, -0.25) is 4.98 Å². The van der Waals surface area contributed by atoms with Crippen molar-refractivity contribution < 1.29 is 4.39 Å². The minimum atomic E-state index is -0.251. The maximum atomic E-state index is 13.2. The van der Waals surface area contributed by atoms with E-state index in [2.05, 4.69) is 15.3 Å². The first-order chi connectivity index (χ1) is 8.83. The van der Waals surface area contributed by atoms with Gasteiger partial charge in [0.2, 0.25) is 0 Å². The Bertz CT molecular complexity index is 550. The summed E-state index contributed by atoms with van der Waals surface area (Å²) < 4.78 is 13.2. The highest BCUT2D eigenvalue weighted by Gasteiger charge is 2.18. The van der Waals surface area contributed by atoms with Crippen molar-refractivity contribution in [3.63, 3.8) is 0 Å². The van der Waals surface area contributed by atoms with E-state index in [1.165, 1.54) is 12.1 Å². The number of halogens is 1. The Kier molecular flexibility index (Phi) is 3.02. The Balaban J connectivity index is 1.95. The van der Waals surface area contributed by atoms with E-state index in [1.807, 2.05) is 6.07 Å². The molecule has 2 aromatic rings. The molecule has 3 rings (SSSR count). The summed E-state index contributed by atoms with van der Waals surface area (Å²) in [5.41, 5.74) is 2.43. The highest BCUT2D eigenvalue weighted by molar-refractivity contribution is 5.58. The fourth-order valence-electron chi connectivity index (χ4n) is 2.27. The molecule has 2 heterocycles. The molecule has 1 fully saturated rings. The van der Waals surface area contributed by atoms with Crippen LogP contribution in [0.25, 0.3) is 11.3 Å². The van der Waals surface area contributed by atoms with Crippen molar-refractivity contribution in [2.45, 2.75) is 18.9 Å². The fourth-order valence-corrected chi connectivity index (χ4v) is 2.27. The summed E-state index contributed by atoms with van der Waals surface area (Å²) in [7, 11) is 0. The summed E-state index contributed by atoms with van der Waals surface area (Å²) >= 11 is 0. The molecular weight excluding hydrogens is 229 g/mol. The van der Waals surface area contributed by atoms with Gasteiger partial charge in [0.05, 0.1) is 29.8 Å². The molecule has 92 valence electrons. The van der Waals surface area contributed by atoms with Gasteiger partial charge in [-0.1, -0.05) is 12.1 Å². The van der Waals surface area contributed by atoms with Crippen molar-refractivity contribution in [3.05, 3.63) is 48.2 Å². The van der Waals surface area contributed by atoms with E-state index < -0.39 is 0 Å². The van der Waals surface area contributed by atoms with Crippen molar-refractivity contribution >= 4 is 0 Å². The predicted octanol–water partition coefficient (Wildman–Crippen LogP) is 2.71. The highest BCUT2D eigenvalue weighted by atomic mass is 19.1.